The summed E-state index contributed by atoms with van der Waals surface area (Å²) < 4.78 is 1.62. The van der Waals surface area contributed by atoms with Gasteiger partial charge in [0.15, 0.2) is 10.9 Å². The average Bonchev–Trinajstić information content (AvgIpc) is 3.44. The third-order valence-corrected chi connectivity index (χ3v) is 7.82. The van der Waals surface area contributed by atoms with Crippen LogP contribution in [0.1, 0.15) is 31.1 Å². The minimum Gasteiger partial charge on any atom is -0.325 e. The minimum atomic E-state index is -0.491. The molecular formula is C23H21N3O3S3. The second-order valence-electron chi connectivity index (χ2n) is 7.14. The maximum Gasteiger partial charge on any atom is 0.263 e. The molecule has 0 spiro atoms. The van der Waals surface area contributed by atoms with Crippen LogP contribution in [0.5, 0.6) is 0 Å². The van der Waals surface area contributed by atoms with E-state index < -0.39 is 5.25 Å². The van der Waals surface area contributed by atoms with Crippen LogP contribution in [0, 0.1) is 0 Å². The van der Waals surface area contributed by atoms with Crippen molar-refractivity contribution in [2.75, 3.05) is 5.32 Å². The van der Waals surface area contributed by atoms with Crippen molar-refractivity contribution in [2.45, 2.75) is 37.7 Å². The Hall–Kier alpha value is -2.75. The van der Waals surface area contributed by atoms with E-state index in [1.165, 1.54) is 30.0 Å². The van der Waals surface area contributed by atoms with E-state index in [1.807, 2.05) is 29.8 Å². The Morgan fingerprint density at radius 2 is 2.03 bits per heavy atom. The predicted octanol–water partition coefficient (Wildman–Crippen LogP) is 5.53. The Kier molecular flexibility index (Phi) is 6.59. The van der Waals surface area contributed by atoms with E-state index in [0.717, 1.165) is 10.4 Å². The molecule has 1 unspecified atom stereocenters. The number of thiophene rings is 2. The number of carbonyl (C=O) groups is 2. The van der Waals surface area contributed by atoms with Crippen molar-refractivity contribution in [1.82, 2.24) is 9.55 Å². The van der Waals surface area contributed by atoms with Gasteiger partial charge in [-0.15, -0.1) is 22.7 Å². The summed E-state index contributed by atoms with van der Waals surface area (Å²) in [5, 5.41) is 7.46. The van der Waals surface area contributed by atoms with Crippen LogP contribution in [0.2, 0.25) is 0 Å². The number of amides is 1. The standard InChI is InChI=1S/C23H21N3O3S3/c1-4-26-22(29)19-17(18-9-6-10-30-18)12-31-21(19)25-23(26)32-14(3)20(28)24-16-8-5-7-15(11-16)13(2)27/h5-12,14H,4H2,1-3H3,(H,24,28). The fraction of sp³-hybridized carbons (Fsp3) is 0.217. The largest absolute Gasteiger partial charge is 0.325 e. The Morgan fingerprint density at radius 3 is 2.72 bits per heavy atom. The maximum absolute atomic E-state index is 13.3. The van der Waals surface area contributed by atoms with E-state index in [1.54, 1.807) is 47.1 Å². The molecule has 164 valence electrons. The second-order valence-corrected chi connectivity index (χ2v) is 10.3. The number of nitrogens with zero attached hydrogens (tertiary/aromatic N) is 2. The summed E-state index contributed by atoms with van der Waals surface area (Å²) in [6.45, 7) is 5.61. The zero-order valence-corrected chi connectivity index (χ0v) is 20.2. The topological polar surface area (TPSA) is 81.1 Å². The molecule has 0 aliphatic heterocycles. The van der Waals surface area contributed by atoms with Gasteiger partial charge in [-0.2, -0.15) is 0 Å². The number of rotatable bonds is 7. The number of benzene rings is 1. The zero-order chi connectivity index (χ0) is 22.8. The second kappa shape index (κ2) is 9.40. The van der Waals surface area contributed by atoms with Crippen LogP contribution in [0.3, 0.4) is 0 Å². The Balaban J connectivity index is 1.61. The summed E-state index contributed by atoms with van der Waals surface area (Å²) in [5.74, 6) is -0.288. The smallest absolute Gasteiger partial charge is 0.263 e. The van der Waals surface area contributed by atoms with Gasteiger partial charge >= 0.3 is 0 Å². The van der Waals surface area contributed by atoms with Gasteiger partial charge < -0.3 is 5.32 Å². The van der Waals surface area contributed by atoms with Gasteiger partial charge in [0.2, 0.25) is 5.91 Å². The van der Waals surface area contributed by atoms with Gasteiger partial charge in [-0.1, -0.05) is 30.0 Å². The zero-order valence-electron chi connectivity index (χ0n) is 17.7. The number of Topliss-reactive ketones (excluding diaryl/α,β-unsaturated/α-hetero) is 1. The molecule has 3 heterocycles. The number of ketones is 1. The molecule has 1 atom stereocenters. The Morgan fingerprint density at radius 1 is 1.22 bits per heavy atom. The maximum atomic E-state index is 13.3. The fourth-order valence-electron chi connectivity index (χ4n) is 3.26. The van der Waals surface area contributed by atoms with Crippen LogP contribution in [-0.2, 0) is 11.3 Å². The molecule has 9 heteroatoms. The van der Waals surface area contributed by atoms with Crippen molar-refractivity contribution < 1.29 is 9.59 Å². The molecule has 4 rings (SSSR count). The van der Waals surface area contributed by atoms with Gasteiger partial charge in [0.1, 0.15) is 4.83 Å². The number of hydrogen-bond acceptors (Lipinski definition) is 7. The molecule has 6 nitrogen and oxygen atoms in total. The highest BCUT2D eigenvalue weighted by atomic mass is 32.2. The molecule has 1 amide bonds. The van der Waals surface area contributed by atoms with Crippen molar-refractivity contribution in [3.8, 4) is 10.4 Å². The van der Waals surface area contributed by atoms with Crippen LogP contribution >= 0.6 is 34.4 Å². The molecule has 3 aromatic heterocycles. The van der Waals surface area contributed by atoms with Crippen molar-refractivity contribution >= 4 is 62.0 Å². The van der Waals surface area contributed by atoms with Crippen LogP contribution in [0.15, 0.2) is 57.1 Å². The van der Waals surface area contributed by atoms with Crippen LogP contribution in [0.25, 0.3) is 20.7 Å². The fourth-order valence-corrected chi connectivity index (χ4v) is 6.03. The molecule has 1 aromatic carbocycles. The Labute approximate surface area is 197 Å². The first kappa shape index (κ1) is 22.4. The molecule has 1 N–H and O–H groups in total. The molecule has 0 radical (unpaired) electrons. The molecule has 0 saturated carbocycles. The lowest BCUT2D eigenvalue weighted by molar-refractivity contribution is -0.115. The first-order valence-corrected chi connectivity index (χ1v) is 12.7. The number of anilines is 1. The summed E-state index contributed by atoms with van der Waals surface area (Å²) in [6.07, 6.45) is 0. The number of nitrogens with one attached hydrogen (secondary N) is 1. The van der Waals surface area contributed by atoms with Crippen molar-refractivity contribution in [1.29, 1.82) is 0 Å². The highest BCUT2D eigenvalue weighted by Crippen LogP contribution is 2.35. The molecule has 4 aromatic rings. The summed E-state index contributed by atoms with van der Waals surface area (Å²) in [5.41, 5.74) is 1.92. The number of hydrogen-bond donors (Lipinski definition) is 1. The monoisotopic (exact) mass is 483 g/mol. The Bertz CT molecular complexity index is 1360. The van der Waals surface area contributed by atoms with Gasteiger partial charge in [0, 0.05) is 33.6 Å². The van der Waals surface area contributed by atoms with E-state index in [4.69, 9.17) is 4.98 Å². The molecule has 0 aliphatic rings. The van der Waals surface area contributed by atoms with Crippen LogP contribution in [0.4, 0.5) is 5.69 Å². The predicted molar refractivity (Wildman–Crippen MR) is 133 cm³/mol. The molecule has 0 saturated heterocycles. The number of aromatic nitrogens is 2. The highest BCUT2D eigenvalue weighted by molar-refractivity contribution is 8.00. The quantitative estimate of drug-likeness (QED) is 0.212. The normalized spacial score (nSPS) is 12.1. The summed E-state index contributed by atoms with van der Waals surface area (Å²) in [6, 6.07) is 10.8. The summed E-state index contributed by atoms with van der Waals surface area (Å²) in [7, 11) is 0. The molecule has 0 fully saturated rings. The van der Waals surface area contributed by atoms with E-state index in [2.05, 4.69) is 5.32 Å². The van der Waals surface area contributed by atoms with Gasteiger partial charge in [0.05, 0.1) is 10.6 Å². The summed E-state index contributed by atoms with van der Waals surface area (Å²) >= 11 is 4.28. The molecular weight excluding hydrogens is 462 g/mol. The number of fused-ring (bicyclic) bond motifs is 1. The number of carbonyl (C=O) groups excluding carboxylic acids is 2. The van der Waals surface area contributed by atoms with Crippen molar-refractivity contribution in [3.63, 3.8) is 0 Å². The van der Waals surface area contributed by atoms with Crippen LogP contribution < -0.4 is 10.9 Å². The SMILES string of the molecule is CCn1c(SC(C)C(=O)Nc2cccc(C(C)=O)c2)nc2scc(-c3cccs3)c2c1=O. The first-order chi connectivity index (χ1) is 15.4. The minimum absolute atomic E-state index is 0.0640. The van der Waals surface area contributed by atoms with Crippen LogP contribution in [-0.4, -0.2) is 26.5 Å². The third kappa shape index (κ3) is 4.41. The van der Waals surface area contributed by atoms with E-state index in [9.17, 15) is 14.4 Å². The summed E-state index contributed by atoms with van der Waals surface area (Å²) in [4.78, 5) is 44.1. The first-order valence-electron chi connectivity index (χ1n) is 10.0. The van der Waals surface area contributed by atoms with Crippen molar-refractivity contribution in [2.24, 2.45) is 0 Å². The lowest BCUT2D eigenvalue weighted by atomic mass is 10.1. The van der Waals surface area contributed by atoms with Crippen molar-refractivity contribution in [3.05, 3.63) is 63.1 Å². The van der Waals surface area contributed by atoms with E-state index in [0.29, 0.717) is 33.2 Å². The third-order valence-electron chi connectivity index (χ3n) is 4.95. The lowest BCUT2D eigenvalue weighted by Crippen LogP contribution is -2.26. The van der Waals surface area contributed by atoms with Gasteiger partial charge in [-0.3, -0.25) is 19.0 Å². The molecule has 32 heavy (non-hydrogen) atoms. The van der Waals surface area contributed by atoms with E-state index >= 15 is 0 Å². The van der Waals surface area contributed by atoms with Gasteiger partial charge in [-0.25, -0.2) is 4.98 Å². The van der Waals surface area contributed by atoms with E-state index in [-0.39, 0.29) is 17.2 Å². The average molecular weight is 484 g/mol. The highest BCUT2D eigenvalue weighted by Gasteiger charge is 2.21. The number of thioether (sulfide) groups is 1. The molecule has 0 aliphatic carbocycles. The van der Waals surface area contributed by atoms with Gasteiger partial charge in [-0.05, 0) is 44.4 Å². The molecule has 0 bridgehead atoms. The lowest BCUT2D eigenvalue weighted by Gasteiger charge is -2.15. The van der Waals surface area contributed by atoms with Gasteiger partial charge in [0.25, 0.3) is 5.56 Å².